The lowest BCUT2D eigenvalue weighted by Crippen LogP contribution is -2.31. The van der Waals surface area contributed by atoms with E-state index in [9.17, 15) is 4.79 Å². The number of hydrogen-bond donors (Lipinski definition) is 3. The van der Waals surface area contributed by atoms with Gasteiger partial charge in [0.1, 0.15) is 5.69 Å². The van der Waals surface area contributed by atoms with Crippen molar-refractivity contribution < 1.29 is 4.79 Å². The molecule has 0 aliphatic carbocycles. The molecule has 0 unspecified atom stereocenters. The van der Waals surface area contributed by atoms with Gasteiger partial charge in [-0.2, -0.15) is 4.98 Å². The zero-order chi connectivity index (χ0) is 11.0. The summed E-state index contributed by atoms with van der Waals surface area (Å²) in [6, 6.07) is 3.26. The molecule has 2 aromatic heterocycles. The van der Waals surface area contributed by atoms with E-state index in [0.29, 0.717) is 10.1 Å². The molecule has 2 rings (SSSR count). The van der Waals surface area contributed by atoms with Gasteiger partial charge in [-0.05, 0) is 12.1 Å². The number of aromatic nitrogens is 3. The maximum Gasteiger partial charge on any atom is 0.283 e. The van der Waals surface area contributed by atoms with E-state index >= 15 is 0 Å². The molecule has 2 aromatic rings. The van der Waals surface area contributed by atoms with Crippen LogP contribution < -0.4 is 17.0 Å². The normalized spacial score (nSPS) is 10.5. The lowest BCUT2D eigenvalue weighted by Gasteiger charge is -2.02. The topological polar surface area (TPSA) is 111 Å². The highest BCUT2D eigenvalue weighted by atomic mass is 79.9. The third-order valence-corrected chi connectivity index (χ3v) is 2.24. The monoisotopic (exact) mass is 270 g/mol. The summed E-state index contributed by atoms with van der Waals surface area (Å²) in [6.45, 7) is 0. The van der Waals surface area contributed by atoms with Crippen LogP contribution in [0.5, 0.6) is 0 Å². The summed E-state index contributed by atoms with van der Waals surface area (Å²) < 4.78 is 2.02. The second-order valence-corrected chi connectivity index (χ2v) is 3.69. The van der Waals surface area contributed by atoms with Crippen LogP contribution >= 0.6 is 15.9 Å². The van der Waals surface area contributed by atoms with E-state index in [4.69, 9.17) is 11.6 Å². The van der Waals surface area contributed by atoms with Gasteiger partial charge in [-0.15, -0.1) is 5.10 Å². The number of fused-ring (bicyclic) bond motifs is 1. The van der Waals surface area contributed by atoms with Gasteiger partial charge in [-0.3, -0.25) is 10.2 Å². The Morgan fingerprint density at radius 1 is 1.53 bits per heavy atom. The fourth-order valence-corrected chi connectivity index (χ4v) is 1.63. The van der Waals surface area contributed by atoms with Gasteiger partial charge < -0.3 is 5.73 Å². The standard InChI is InChI=1S/C7H7BrN6O/c8-3-1-4(6(15)12-10)14-5(2-3)11-7(9)13-14/h1-2H,10H2,(H2,9,13)(H,12,15). The first-order chi connectivity index (χ1) is 7.11. The molecule has 0 bridgehead atoms. The molecule has 0 spiro atoms. The van der Waals surface area contributed by atoms with Crippen molar-refractivity contribution in [2.45, 2.75) is 0 Å². The van der Waals surface area contributed by atoms with Gasteiger partial charge in [-0.1, -0.05) is 15.9 Å². The van der Waals surface area contributed by atoms with Gasteiger partial charge in [0.2, 0.25) is 5.95 Å². The summed E-state index contributed by atoms with van der Waals surface area (Å²) >= 11 is 3.25. The first-order valence-corrected chi connectivity index (χ1v) is 4.74. The number of carbonyl (C=O) groups is 1. The molecule has 2 heterocycles. The van der Waals surface area contributed by atoms with Gasteiger partial charge in [0.15, 0.2) is 5.65 Å². The van der Waals surface area contributed by atoms with Crippen LogP contribution in [0.15, 0.2) is 16.6 Å². The Morgan fingerprint density at radius 2 is 2.27 bits per heavy atom. The molecule has 8 heteroatoms. The summed E-state index contributed by atoms with van der Waals surface area (Å²) in [6.07, 6.45) is 0. The molecular weight excluding hydrogens is 264 g/mol. The molecule has 0 radical (unpaired) electrons. The number of nitrogens with zero attached hydrogens (tertiary/aromatic N) is 3. The number of nitrogen functional groups attached to an aromatic ring is 2. The molecule has 0 aromatic carbocycles. The molecule has 78 valence electrons. The molecule has 0 saturated carbocycles. The van der Waals surface area contributed by atoms with Crippen LogP contribution in [-0.2, 0) is 0 Å². The summed E-state index contributed by atoms with van der Waals surface area (Å²) in [5.74, 6) is 4.67. The summed E-state index contributed by atoms with van der Waals surface area (Å²) in [4.78, 5) is 15.3. The minimum absolute atomic E-state index is 0.0965. The Hall–Kier alpha value is -1.67. The third-order valence-electron chi connectivity index (χ3n) is 1.78. The number of hydrazine groups is 1. The van der Waals surface area contributed by atoms with Crippen molar-refractivity contribution in [2.24, 2.45) is 5.84 Å². The first-order valence-electron chi connectivity index (χ1n) is 3.94. The van der Waals surface area contributed by atoms with E-state index in [0.717, 1.165) is 0 Å². The average Bonchev–Trinajstić information content (AvgIpc) is 2.55. The Bertz CT molecular complexity index is 536. The van der Waals surface area contributed by atoms with E-state index in [1.807, 2.05) is 5.43 Å². The van der Waals surface area contributed by atoms with E-state index < -0.39 is 5.91 Å². The summed E-state index contributed by atoms with van der Waals surface area (Å²) in [5.41, 5.74) is 8.18. The van der Waals surface area contributed by atoms with E-state index in [2.05, 4.69) is 26.0 Å². The van der Waals surface area contributed by atoms with E-state index in [1.165, 1.54) is 4.52 Å². The van der Waals surface area contributed by atoms with E-state index in [1.54, 1.807) is 12.1 Å². The van der Waals surface area contributed by atoms with Gasteiger partial charge in [0.25, 0.3) is 5.91 Å². The predicted octanol–water partition coefficient (Wildman–Crippen LogP) is -0.323. The van der Waals surface area contributed by atoms with Crippen LogP contribution in [0.25, 0.3) is 5.65 Å². The zero-order valence-corrected chi connectivity index (χ0v) is 9.02. The molecular formula is C7H7BrN6O. The van der Waals surface area contributed by atoms with Gasteiger partial charge >= 0.3 is 0 Å². The van der Waals surface area contributed by atoms with Crippen LogP contribution in [0.1, 0.15) is 10.5 Å². The van der Waals surface area contributed by atoms with Crippen molar-refractivity contribution in [2.75, 3.05) is 5.73 Å². The number of pyridine rings is 1. The van der Waals surface area contributed by atoms with Crippen molar-refractivity contribution in [1.82, 2.24) is 20.0 Å². The van der Waals surface area contributed by atoms with Crippen molar-refractivity contribution in [3.05, 3.63) is 22.3 Å². The molecule has 0 aliphatic rings. The van der Waals surface area contributed by atoms with Gasteiger partial charge in [-0.25, -0.2) is 10.4 Å². The highest BCUT2D eigenvalue weighted by Gasteiger charge is 2.12. The maximum atomic E-state index is 11.4. The Kier molecular flexibility index (Phi) is 2.29. The predicted molar refractivity (Wildman–Crippen MR) is 56.8 cm³/mol. The first kappa shape index (κ1) is 9.87. The Labute approximate surface area is 92.6 Å². The molecule has 5 N–H and O–H groups in total. The Balaban J connectivity index is 2.75. The van der Waals surface area contributed by atoms with Gasteiger partial charge in [0.05, 0.1) is 0 Å². The molecule has 1 amide bonds. The highest BCUT2D eigenvalue weighted by Crippen LogP contribution is 2.16. The fraction of sp³-hybridized carbons (Fsp3) is 0. The van der Waals surface area contributed by atoms with Crippen LogP contribution in [0.4, 0.5) is 5.95 Å². The number of nitrogens with two attached hydrogens (primary N) is 2. The molecule has 7 nitrogen and oxygen atoms in total. The second-order valence-electron chi connectivity index (χ2n) is 2.77. The number of halogens is 1. The fourth-order valence-electron chi connectivity index (χ4n) is 1.20. The molecule has 0 atom stereocenters. The number of nitrogens with one attached hydrogen (secondary N) is 1. The molecule has 0 fully saturated rings. The highest BCUT2D eigenvalue weighted by molar-refractivity contribution is 9.10. The number of anilines is 1. The average molecular weight is 271 g/mol. The minimum Gasteiger partial charge on any atom is -0.366 e. The number of rotatable bonds is 1. The van der Waals surface area contributed by atoms with Crippen LogP contribution in [0.2, 0.25) is 0 Å². The van der Waals surface area contributed by atoms with Crippen LogP contribution in [0.3, 0.4) is 0 Å². The summed E-state index contributed by atoms with van der Waals surface area (Å²) in [5, 5.41) is 3.87. The lowest BCUT2D eigenvalue weighted by atomic mass is 10.3. The molecule has 15 heavy (non-hydrogen) atoms. The Morgan fingerprint density at radius 3 is 2.93 bits per heavy atom. The number of carbonyl (C=O) groups excluding carboxylic acids is 1. The minimum atomic E-state index is -0.466. The number of hydrogen-bond acceptors (Lipinski definition) is 5. The zero-order valence-electron chi connectivity index (χ0n) is 7.44. The largest absolute Gasteiger partial charge is 0.366 e. The quantitative estimate of drug-likeness (QED) is 0.374. The van der Waals surface area contributed by atoms with Crippen molar-refractivity contribution in [3.8, 4) is 0 Å². The smallest absolute Gasteiger partial charge is 0.283 e. The van der Waals surface area contributed by atoms with E-state index in [-0.39, 0.29) is 11.6 Å². The lowest BCUT2D eigenvalue weighted by molar-refractivity contribution is 0.0946. The van der Waals surface area contributed by atoms with Gasteiger partial charge in [0, 0.05) is 4.47 Å². The van der Waals surface area contributed by atoms with Crippen molar-refractivity contribution in [3.63, 3.8) is 0 Å². The number of amides is 1. The van der Waals surface area contributed by atoms with Crippen LogP contribution in [-0.4, -0.2) is 20.5 Å². The molecule has 0 aliphatic heterocycles. The molecule has 0 saturated heterocycles. The third kappa shape index (κ3) is 1.64. The van der Waals surface area contributed by atoms with Crippen LogP contribution in [0, 0.1) is 0 Å². The summed E-state index contributed by atoms with van der Waals surface area (Å²) in [7, 11) is 0. The SMILES string of the molecule is NNC(=O)c1cc(Br)cc2nc(N)nn12. The van der Waals surface area contributed by atoms with Crippen molar-refractivity contribution in [1.29, 1.82) is 0 Å². The van der Waals surface area contributed by atoms with Crippen molar-refractivity contribution >= 4 is 33.4 Å². The second kappa shape index (κ2) is 3.48. The maximum absolute atomic E-state index is 11.4.